The molecule has 2 amide bonds. The fourth-order valence-electron chi connectivity index (χ4n) is 2.28. The van der Waals surface area contributed by atoms with E-state index in [9.17, 15) is 14.4 Å². The molecule has 0 aromatic heterocycles. The van der Waals surface area contributed by atoms with Crippen LogP contribution in [0.5, 0.6) is 0 Å². The molecule has 0 heterocycles. The van der Waals surface area contributed by atoms with E-state index in [0.717, 1.165) is 10.5 Å². The number of carbonyl (C=O) groups is 3. The zero-order chi connectivity index (χ0) is 18.9. The van der Waals surface area contributed by atoms with Crippen molar-refractivity contribution in [2.75, 3.05) is 11.4 Å². The van der Waals surface area contributed by atoms with E-state index in [1.54, 1.807) is 30.3 Å². The van der Waals surface area contributed by atoms with Crippen molar-refractivity contribution in [2.45, 2.75) is 19.6 Å². The Morgan fingerprint density at radius 1 is 1.04 bits per heavy atom. The van der Waals surface area contributed by atoms with Crippen molar-refractivity contribution in [1.82, 2.24) is 5.32 Å². The molecule has 1 atom stereocenters. The van der Waals surface area contributed by atoms with Crippen LogP contribution in [-0.2, 0) is 20.9 Å². The van der Waals surface area contributed by atoms with Gasteiger partial charge >= 0.3 is 12.1 Å². The topological polar surface area (TPSA) is 95.9 Å². The number of carbonyl (C=O) groups excluding carboxylic acids is 2. The molecule has 0 aliphatic carbocycles. The van der Waals surface area contributed by atoms with Gasteiger partial charge in [-0.1, -0.05) is 48.5 Å². The number of carboxylic acid groups (broad SMARTS) is 1. The van der Waals surface area contributed by atoms with Crippen molar-refractivity contribution < 1.29 is 24.2 Å². The number of hydrogen-bond donors (Lipinski definition) is 2. The number of nitrogens with zero attached hydrogens (tertiary/aromatic N) is 1. The molecule has 0 saturated heterocycles. The minimum atomic E-state index is -1.15. The Bertz CT molecular complexity index is 749. The van der Waals surface area contributed by atoms with E-state index in [1.807, 2.05) is 30.3 Å². The van der Waals surface area contributed by atoms with Crippen LogP contribution in [0.4, 0.5) is 10.5 Å². The van der Waals surface area contributed by atoms with Crippen LogP contribution in [0.15, 0.2) is 60.7 Å². The van der Waals surface area contributed by atoms with Crippen molar-refractivity contribution in [3.8, 4) is 0 Å². The summed E-state index contributed by atoms with van der Waals surface area (Å²) in [6.07, 6.45) is -0.752. The molecule has 2 aromatic carbocycles. The Kier molecular flexibility index (Phi) is 6.73. The summed E-state index contributed by atoms with van der Waals surface area (Å²) < 4.78 is 5.08. The molecule has 0 spiro atoms. The van der Waals surface area contributed by atoms with E-state index in [0.29, 0.717) is 5.69 Å². The van der Waals surface area contributed by atoms with Crippen LogP contribution in [0.1, 0.15) is 12.5 Å². The maximum absolute atomic E-state index is 12.6. The smallest absolute Gasteiger partial charge is 0.408 e. The molecule has 0 radical (unpaired) electrons. The number of amides is 2. The Labute approximate surface area is 151 Å². The zero-order valence-electron chi connectivity index (χ0n) is 14.3. The molecule has 7 nitrogen and oxygen atoms in total. The van der Waals surface area contributed by atoms with E-state index in [-0.39, 0.29) is 6.61 Å². The summed E-state index contributed by atoms with van der Waals surface area (Å²) in [6.45, 7) is 1.04. The van der Waals surface area contributed by atoms with Gasteiger partial charge in [-0.15, -0.1) is 0 Å². The van der Waals surface area contributed by atoms with E-state index < -0.39 is 30.6 Å². The summed E-state index contributed by atoms with van der Waals surface area (Å²) in [4.78, 5) is 36.7. The second kappa shape index (κ2) is 9.22. The van der Waals surface area contributed by atoms with E-state index >= 15 is 0 Å². The summed E-state index contributed by atoms with van der Waals surface area (Å²) in [6, 6.07) is 16.6. The molecule has 0 fully saturated rings. The van der Waals surface area contributed by atoms with E-state index in [1.165, 1.54) is 6.92 Å². The highest BCUT2D eigenvalue weighted by Crippen LogP contribution is 2.14. The van der Waals surface area contributed by atoms with Crippen LogP contribution in [0.2, 0.25) is 0 Å². The van der Waals surface area contributed by atoms with Gasteiger partial charge in [0, 0.05) is 5.69 Å². The normalized spacial score (nSPS) is 11.3. The van der Waals surface area contributed by atoms with Crippen molar-refractivity contribution in [1.29, 1.82) is 0 Å². The number of carboxylic acids is 1. The molecule has 7 heteroatoms. The lowest BCUT2D eigenvalue weighted by molar-refractivity contribution is -0.136. The molecule has 26 heavy (non-hydrogen) atoms. The van der Waals surface area contributed by atoms with Gasteiger partial charge in [0.15, 0.2) is 0 Å². The fraction of sp³-hybridized carbons (Fsp3) is 0.211. The summed E-state index contributed by atoms with van der Waals surface area (Å²) in [5.41, 5.74) is 1.25. The number of aliphatic carboxylic acids is 1. The molecule has 0 unspecified atom stereocenters. The SMILES string of the molecule is C[C@H](NC(=O)OCc1ccccc1)C(=O)N(CC(=O)O)c1ccccc1. The van der Waals surface area contributed by atoms with Gasteiger partial charge in [0.1, 0.15) is 19.2 Å². The number of alkyl carbamates (subject to hydrolysis) is 1. The Hall–Kier alpha value is -3.35. The highest BCUT2D eigenvalue weighted by atomic mass is 16.5. The summed E-state index contributed by atoms with van der Waals surface area (Å²) in [7, 11) is 0. The van der Waals surface area contributed by atoms with Crippen LogP contribution in [-0.4, -0.2) is 35.7 Å². The number of ether oxygens (including phenoxy) is 1. The summed E-state index contributed by atoms with van der Waals surface area (Å²) >= 11 is 0. The summed E-state index contributed by atoms with van der Waals surface area (Å²) in [5.74, 6) is -1.70. The lowest BCUT2D eigenvalue weighted by Crippen LogP contribution is -2.48. The highest BCUT2D eigenvalue weighted by molar-refractivity contribution is 6.01. The van der Waals surface area contributed by atoms with Crippen LogP contribution in [0.25, 0.3) is 0 Å². The average molecular weight is 356 g/mol. The van der Waals surface area contributed by atoms with Crippen molar-refractivity contribution in [2.24, 2.45) is 0 Å². The Morgan fingerprint density at radius 3 is 2.19 bits per heavy atom. The number of hydrogen-bond acceptors (Lipinski definition) is 4. The van der Waals surface area contributed by atoms with Crippen molar-refractivity contribution in [3.05, 3.63) is 66.2 Å². The molecule has 0 aliphatic rings. The van der Waals surface area contributed by atoms with E-state index in [4.69, 9.17) is 9.84 Å². The van der Waals surface area contributed by atoms with Gasteiger partial charge in [0.25, 0.3) is 0 Å². The van der Waals surface area contributed by atoms with Crippen LogP contribution >= 0.6 is 0 Å². The fourth-order valence-corrected chi connectivity index (χ4v) is 2.28. The third-order valence-corrected chi connectivity index (χ3v) is 3.54. The monoisotopic (exact) mass is 356 g/mol. The molecule has 0 saturated carbocycles. The number of nitrogens with one attached hydrogen (secondary N) is 1. The lowest BCUT2D eigenvalue weighted by atomic mass is 10.2. The number of para-hydroxylation sites is 1. The highest BCUT2D eigenvalue weighted by Gasteiger charge is 2.25. The van der Waals surface area contributed by atoms with Crippen LogP contribution in [0, 0.1) is 0 Å². The first-order valence-electron chi connectivity index (χ1n) is 8.03. The largest absolute Gasteiger partial charge is 0.480 e. The van der Waals surface area contributed by atoms with Crippen molar-refractivity contribution in [3.63, 3.8) is 0 Å². The first kappa shape index (κ1) is 19.0. The number of anilines is 1. The number of benzene rings is 2. The molecule has 2 rings (SSSR count). The van der Waals surface area contributed by atoms with Gasteiger partial charge in [-0.3, -0.25) is 14.5 Å². The van der Waals surface area contributed by atoms with Crippen molar-refractivity contribution >= 4 is 23.7 Å². The quantitative estimate of drug-likeness (QED) is 0.794. The summed E-state index contributed by atoms with van der Waals surface area (Å²) in [5, 5.41) is 11.5. The van der Waals surface area contributed by atoms with Gasteiger partial charge in [-0.25, -0.2) is 4.79 Å². The van der Waals surface area contributed by atoms with Gasteiger partial charge in [-0.2, -0.15) is 0 Å². The minimum Gasteiger partial charge on any atom is -0.480 e. The predicted molar refractivity (Wildman–Crippen MR) is 95.7 cm³/mol. The molecular formula is C19H20N2O5. The Morgan fingerprint density at radius 2 is 1.62 bits per heavy atom. The first-order valence-corrected chi connectivity index (χ1v) is 8.03. The second-order valence-electron chi connectivity index (χ2n) is 5.58. The first-order chi connectivity index (χ1) is 12.5. The van der Waals surface area contributed by atoms with Gasteiger partial charge < -0.3 is 15.2 Å². The van der Waals surface area contributed by atoms with Gasteiger partial charge in [0.2, 0.25) is 5.91 Å². The molecule has 136 valence electrons. The third-order valence-electron chi connectivity index (χ3n) is 3.54. The maximum Gasteiger partial charge on any atom is 0.408 e. The molecule has 0 bridgehead atoms. The molecule has 2 N–H and O–H groups in total. The van der Waals surface area contributed by atoms with Gasteiger partial charge in [-0.05, 0) is 24.6 Å². The van der Waals surface area contributed by atoms with Crippen LogP contribution in [0.3, 0.4) is 0 Å². The molecule has 0 aliphatic heterocycles. The maximum atomic E-state index is 12.6. The number of rotatable bonds is 7. The second-order valence-corrected chi connectivity index (χ2v) is 5.58. The Balaban J connectivity index is 1.97. The third kappa shape index (κ3) is 5.62. The van der Waals surface area contributed by atoms with E-state index in [2.05, 4.69) is 5.32 Å². The average Bonchev–Trinajstić information content (AvgIpc) is 2.65. The molecule has 2 aromatic rings. The zero-order valence-corrected chi connectivity index (χ0v) is 14.3. The predicted octanol–water partition coefficient (Wildman–Crippen LogP) is 2.42. The molecular weight excluding hydrogens is 336 g/mol. The minimum absolute atomic E-state index is 0.0745. The lowest BCUT2D eigenvalue weighted by Gasteiger charge is -2.24. The standard InChI is InChI=1S/C19H20N2O5/c1-14(20-19(25)26-13-15-8-4-2-5-9-15)18(24)21(12-17(22)23)16-10-6-3-7-11-16/h2-11,14H,12-13H2,1H3,(H,20,25)(H,22,23)/t14-/m0/s1. The van der Waals surface area contributed by atoms with Crippen LogP contribution < -0.4 is 10.2 Å². The van der Waals surface area contributed by atoms with Gasteiger partial charge in [0.05, 0.1) is 0 Å².